The molecule has 0 aliphatic rings. The van der Waals surface area contributed by atoms with Crippen molar-refractivity contribution in [1.29, 1.82) is 0 Å². The Labute approximate surface area is 117 Å². The maximum absolute atomic E-state index is 12.2. The second-order valence-corrected chi connectivity index (χ2v) is 5.78. The van der Waals surface area contributed by atoms with Gasteiger partial charge in [-0.2, -0.15) is 0 Å². The van der Waals surface area contributed by atoms with Crippen LogP contribution in [0.3, 0.4) is 0 Å². The largest absolute Gasteiger partial charge is 0.344 e. The number of likely N-dealkylation sites (N-methyl/N-ethyl adjacent to an activating group) is 2. The fourth-order valence-corrected chi connectivity index (χ4v) is 2.04. The molecule has 1 aromatic carbocycles. The number of hydrogen-bond acceptors (Lipinski definition) is 2. The minimum Gasteiger partial charge on any atom is -0.344 e. The van der Waals surface area contributed by atoms with Gasteiger partial charge in [0.1, 0.15) is 0 Å². The van der Waals surface area contributed by atoms with Crippen molar-refractivity contribution in [1.82, 2.24) is 10.2 Å². The van der Waals surface area contributed by atoms with Gasteiger partial charge in [0.25, 0.3) is 0 Å². The predicted octanol–water partition coefficient (Wildman–Crippen LogP) is 2.30. The van der Waals surface area contributed by atoms with Crippen LogP contribution in [0.15, 0.2) is 18.2 Å². The van der Waals surface area contributed by atoms with Crippen molar-refractivity contribution in [3.63, 3.8) is 0 Å². The van der Waals surface area contributed by atoms with E-state index in [0.29, 0.717) is 0 Å². The van der Waals surface area contributed by atoms with Crippen molar-refractivity contribution >= 4 is 5.91 Å². The summed E-state index contributed by atoms with van der Waals surface area (Å²) in [6.07, 6.45) is 0.898. The third-order valence-corrected chi connectivity index (χ3v) is 3.73. The molecule has 19 heavy (non-hydrogen) atoms. The molecule has 0 aliphatic heterocycles. The van der Waals surface area contributed by atoms with Crippen LogP contribution in [0.2, 0.25) is 0 Å². The molecule has 3 nitrogen and oxygen atoms in total. The molecule has 1 amide bonds. The predicted molar refractivity (Wildman–Crippen MR) is 80.4 cm³/mol. The minimum absolute atomic E-state index is 0.125. The first-order chi connectivity index (χ1) is 8.77. The van der Waals surface area contributed by atoms with Crippen molar-refractivity contribution in [2.75, 3.05) is 20.6 Å². The van der Waals surface area contributed by atoms with Gasteiger partial charge in [0, 0.05) is 13.6 Å². The van der Waals surface area contributed by atoms with E-state index in [0.717, 1.165) is 13.0 Å². The number of hydrogen-bond donors (Lipinski definition) is 1. The maximum atomic E-state index is 12.2. The van der Waals surface area contributed by atoms with E-state index in [1.54, 1.807) is 4.90 Å². The van der Waals surface area contributed by atoms with Crippen LogP contribution in [0.25, 0.3) is 0 Å². The zero-order chi connectivity index (χ0) is 14.6. The minimum atomic E-state index is -0.504. The zero-order valence-corrected chi connectivity index (χ0v) is 13.0. The fraction of sp³-hybridized carbons (Fsp3) is 0.562. The number of aryl methyl sites for hydroxylation is 2. The molecular weight excluding hydrogens is 236 g/mol. The molecule has 0 bridgehead atoms. The molecule has 3 heteroatoms. The molecule has 0 atom stereocenters. The summed E-state index contributed by atoms with van der Waals surface area (Å²) in [6, 6.07) is 6.47. The van der Waals surface area contributed by atoms with E-state index in [9.17, 15) is 4.79 Å². The highest BCUT2D eigenvalue weighted by Gasteiger charge is 2.28. The first-order valence-electron chi connectivity index (χ1n) is 6.78. The number of nitrogens with one attached hydrogen (secondary N) is 1. The van der Waals surface area contributed by atoms with Gasteiger partial charge >= 0.3 is 0 Å². The topological polar surface area (TPSA) is 32.3 Å². The van der Waals surface area contributed by atoms with Crippen molar-refractivity contribution in [3.05, 3.63) is 34.9 Å². The third-order valence-electron chi connectivity index (χ3n) is 3.73. The average Bonchev–Trinajstić information content (AvgIpc) is 2.38. The highest BCUT2D eigenvalue weighted by Crippen LogP contribution is 2.13. The molecule has 0 radical (unpaired) electrons. The molecule has 0 saturated carbocycles. The standard InChI is InChI=1S/C16H26N2O/c1-12-7-8-13(2)14(11-12)9-10-18(6)15(19)16(3,4)17-5/h7-8,11,17H,9-10H2,1-6H3. The summed E-state index contributed by atoms with van der Waals surface area (Å²) in [5.74, 6) is 0.125. The van der Waals surface area contributed by atoms with E-state index >= 15 is 0 Å². The molecule has 1 rings (SSSR count). The van der Waals surface area contributed by atoms with Crippen LogP contribution in [0.5, 0.6) is 0 Å². The Morgan fingerprint density at radius 3 is 2.53 bits per heavy atom. The van der Waals surface area contributed by atoms with Crippen molar-refractivity contribution < 1.29 is 4.79 Å². The van der Waals surface area contributed by atoms with Crippen LogP contribution in [-0.4, -0.2) is 37.0 Å². The zero-order valence-electron chi connectivity index (χ0n) is 13.0. The van der Waals surface area contributed by atoms with Gasteiger partial charge in [-0.05, 0) is 52.3 Å². The monoisotopic (exact) mass is 262 g/mol. The Morgan fingerprint density at radius 2 is 1.95 bits per heavy atom. The Balaban J connectivity index is 2.66. The molecule has 1 aromatic rings. The number of carbonyl (C=O) groups excluding carboxylic acids is 1. The van der Waals surface area contributed by atoms with Crippen molar-refractivity contribution in [3.8, 4) is 0 Å². The maximum Gasteiger partial charge on any atom is 0.242 e. The highest BCUT2D eigenvalue weighted by atomic mass is 16.2. The molecule has 0 aromatic heterocycles. The van der Waals surface area contributed by atoms with Gasteiger partial charge in [0.15, 0.2) is 0 Å². The Morgan fingerprint density at radius 1 is 1.32 bits per heavy atom. The summed E-state index contributed by atoms with van der Waals surface area (Å²) in [5, 5.41) is 3.05. The van der Waals surface area contributed by atoms with E-state index in [-0.39, 0.29) is 5.91 Å². The number of nitrogens with zero attached hydrogens (tertiary/aromatic N) is 1. The molecule has 0 unspecified atom stereocenters. The quantitative estimate of drug-likeness (QED) is 0.883. The molecular formula is C16H26N2O. The number of benzene rings is 1. The van der Waals surface area contributed by atoms with Gasteiger partial charge in [-0.25, -0.2) is 0 Å². The smallest absolute Gasteiger partial charge is 0.242 e. The molecule has 0 heterocycles. The normalized spacial score (nSPS) is 11.5. The Hall–Kier alpha value is -1.35. The lowest BCUT2D eigenvalue weighted by atomic mass is 10.0. The van der Waals surface area contributed by atoms with E-state index in [4.69, 9.17) is 0 Å². The Kier molecular flexibility index (Phi) is 5.12. The summed E-state index contributed by atoms with van der Waals surface area (Å²) in [5.41, 5.74) is 3.38. The first-order valence-corrected chi connectivity index (χ1v) is 6.78. The van der Waals surface area contributed by atoms with Crippen molar-refractivity contribution in [2.24, 2.45) is 0 Å². The SMILES string of the molecule is CNC(C)(C)C(=O)N(C)CCc1cc(C)ccc1C. The van der Waals surface area contributed by atoms with Gasteiger partial charge in [-0.1, -0.05) is 23.8 Å². The van der Waals surface area contributed by atoms with Crippen LogP contribution < -0.4 is 5.32 Å². The summed E-state index contributed by atoms with van der Waals surface area (Å²) in [7, 11) is 3.68. The number of carbonyl (C=O) groups is 1. The van der Waals surface area contributed by atoms with Crippen LogP contribution in [0.1, 0.15) is 30.5 Å². The van der Waals surface area contributed by atoms with Gasteiger partial charge in [0.2, 0.25) is 5.91 Å². The van der Waals surface area contributed by atoms with Crippen LogP contribution in [-0.2, 0) is 11.2 Å². The second kappa shape index (κ2) is 6.20. The van der Waals surface area contributed by atoms with Gasteiger partial charge in [-0.3, -0.25) is 4.79 Å². The van der Waals surface area contributed by atoms with E-state index in [1.807, 2.05) is 27.9 Å². The molecule has 1 N–H and O–H groups in total. The van der Waals surface area contributed by atoms with Gasteiger partial charge < -0.3 is 10.2 Å². The van der Waals surface area contributed by atoms with Gasteiger partial charge in [0.05, 0.1) is 5.54 Å². The summed E-state index contributed by atoms with van der Waals surface area (Å²) in [4.78, 5) is 14.0. The van der Waals surface area contributed by atoms with Crippen LogP contribution in [0, 0.1) is 13.8 Å². The molecule has 0 aliphatic carbocycles. The van der Waals surface area contributed by atoms with Crippen LogP contribution in [0.4, 0.5) is 0 Å². The van der Waals surface area contributed by atoms with E-state index in [2.05, 4.69) is 37.4 Å². The van der Waals surface area contributed by atoms with E-state index in [1.165, 1.54) is 16.7 Å². The van der Waals surface area contributed by atoms with Crippen LogP contribution >= 0.6 is 0 Å². The Bertz CT molecular complexity index is 452. The molecule has 0 saturated heterocycles. The van der Waals surface area contributed by atoms with Crippen molar-refractivity contribution in [2.45, 2.75) is 39.7 Å². The average molecular weight is 262 g/mol. The summed E-state index contributed by atoms with van der Waals surface area (Å²) in [6.45, 7) is 8.78. The molecule has 0 spiro atoms. The summed E-state index contributed by atoms with van der Waals surface area (Å²) >= 11 is 0. The number of rotatable bonds is 5. The lowest BCUT2D eigenvalue weighted by Crippen LogP contribution is -2.52. The molecule has 0 fully saturated rings. The van der Waals surface area contributed by atoms with Gasteiger partial charge in [-0.15, -0.1) is 0 Å². The third kappa shape index (κ3) is 4.06. The second-order valence-electron chi connectivity index (χ2n) is 5.78. The summed E-state index contributed by atoms with van der Waals surface area (Å²) < 4.78 is 0. The first kappa shape index (κ1) is 15.7. The van der Waals surface area contributed by atoms with E-state index < -0.39 is 5.54 Å². The highest BCUT2D eigenvalue weighted by molar-refractivity contribution is 5.85. The lowest BCUT2D eigenvalue weighted by molar-refractivity contribution is -0.135. The number of amides is 1. The lowest BCUT2D eigenvalue weighted by Gasteiger charge is -2.29. The molecule has 106 valence electrons. The fourth-order valence-electron chi connectivity index (χ4n) is 2.04.